The summed E-state index contributed by atoms with van der Waals surface area (Å²) in [5.41, 5.74) is 0. The van der Waals surface area contributed by atoms with Crippen LogP contribution in [0, 0.1) is 0 Å². The number of rotatable bonds is 6. The Hall–Kier alpha value is 0.230. The zero-order valence-corrected chi connectivity index (χ0v) is 9.76. The molecule has 84 valence electrons. The van der Waals surface area contributed by atoms with Gasteiger partial charge < -0.3 is 9.84 Å². The summed E-state index contributed by atoms with van der Waals surface area (Å²) in [4.78, 5) is 2.35. The smallest absolute Gasteiger partial charge is 0.0644 e. The molecule has 0 radical (unpaired) electrons. The summed E-state index contributed by atoms with van der Waals surface area (Å²) < 4.78 is 5.32. The Balaban J connectivity index is 2.13. The molecule has 14 heavy (non-hydrogen) atoms. The summed E-state index contributed by atoms with van der Waals surface area (Å²) in [5, 5.41) is 9.14. The van der Waals surface area contributed by atoms with Gasteiger partial charge in [0.2, 0.25) is 0 Å². The van der Waals surface area contributed by atoms with Crippen LogP contribution < -0.4 is 0 Å². The summed E-state index contributed by atoms with van der Waals surface area (Å²) in [6.07, 6.45) is 1.22. The highest BCUT2D eigenvalue weighted by Gasteiger charge is 2.21. The minimum atomic E-state index is 0.223. The number of aliphatic hydroxyl groups excluding tert-OH is 1. The number of nitrogens with zero attached hydrogens (tertiary/aromatic N) is 1. The molecular formula is C10H21NO2S. The number of thioether (sulfide) groups is 1. The quantitative estimate of drug-likeness (QED) is 0.671. The van der Waals surface area contributed by atoms with Crippen molar-refractivity contribution < 1.29 is 9.84 Å². The van der Waals surface area contributed by atoms with E-state index in [0.717, 1.165) is 19.7 Å². The summed E-state index contributed by atoms with van der Waals surface area (Å²) >= 11 is 1.99. The zero-order valence-electron chi connectivity index (χ0n) is 8.95. The molecule has 0 aromatic heterocycles. The van der Waals surface area contributed by atoms with Gasteiger partial charge in [-0.05, 0) is 24.5 Å². The lowest BCUT2D eigenvalue weighted by molar-refractivity contribution is -0.0270. The van der Waals surface area contributed by atoms with Crippen LogP contribution in [0.4, 0.5) is 0 Å². The fourth-order valence-electron chi connectivity index (χ4n) is 1.67. The second-order valence-electron chi connectivity index (χ2n) is 3.50. The average molecular weight is 219 g/mol. The fourth-order valence-corrected chi connectivity index (χ4v) is 2.29. The van der Waals surface area contributed by atoms with E-state index in [1.165, 1.54) is 17.9 Å². The van der Waals surface area contributed by atoms with Crippen molar-refractivity contribution in [1.82, 2.24) is 4.90 Å². The van der Waals surface area contributed by atoms with Gasteiger partial charge in [-0.25, -0.2) is 0 Å². The Labute approximate surface area is 90.8 Å². The highest BCUT2D eigenvalue weighted by molar-refractivity contribution is 7.99. The molecule has 0 amide bonds. The van der Waals surface area contributed by atoms with E-state index in [4.69, 9.17) is 9.84 Å². The number of ether oxygens (including phenoxy) is 1. The van der Waals surface area contributed by atoms with Crippen molar-refractivity contribution in [2.24, 2.45) is 0 Å². The van der Waals surface area contributed by atoms with Crippen molar-refractivity contribution in [3.05, 3.63) is 0 Å². The molecule has 0 aromatic carbocycles. The minimum absolute atomic E-state index is 0.223. The summed E-state index contributed by atoms with van der Waals surface area (Å²) in [7, 11) is 0. The largest absolute Gasteiger partial charge is 0.395 e. The lowest BCUT2D eigenvalue weighted by atomic mass is 10.2. The molecular weight excluding hydrogens is 198 g/mol. The van der Waals surface area contributed by atoms with Crippen LogP contribution in [0.1, 0.15) is 13.3 Å². The van der Waals surface area contributed by atoms with Crippen LogP contribution >= 0.6 is 11.8 Å². The molecule has 1 heterocycles. The van der Waals surface area contributed by atoms with Crippen LogP contribution in [0.3, 0.4) is 0 Å². The summed E-state index contributed by atoms with van der Waals surface area (Å²) in [6, 6.07) is 0.232. The van der Waals surface area contributed by atoms with Crippen molar-refractivity contribution in [3.63, 3.8) is 0 Å². The van der Waals surface area contributed by atoms with E-state index in [1.807, 2.05) is 11.8 Å². The lowest BCUT2D eigenvalue weighted by Gasteiger charge is -2.34. The number of aliphatic hydroxyl groups is 1. The monoisotopic (exact) mass is 219 g/mol. The zero-order chi connectivity index (χ0) is 10.2. The third-order valence-electron chi connectivity index (χ3n) is 2.50. The molecule has 0 bridgehead atoms. The Kier molecular flexibility index (Phi) is 6.60. The third kappa shape index (κ3) is 4.17. The second-order valence-corrected chi connectivity index (χ2v) is 4.89. The highest BCUT2D eigenvalue weighted by atomic mass is 32.2. The van der Waals surface area contributed by atoms with Gasteiger partial charge in [0.05, 0.1) is 25.9 Å². The molecule has 1 aliphatic heterocycles. The van der Waals surface area contributed by atoms with Crippen LogP contribution in [0.15, 0.2) is 0 Å². The first kappa shape index (κ1) is 12.3. The highest BCUT2D eigenvalue weighted by Crippen LogP contribution is 2.09. The van der Waals surface area contributed by atoms with E-state index >= 15 is 0 Å². The van der Waals surface area contributed by atoms with Gasteiger partial charge in [0.25, 0.3) is 0 Å². The standard InChI is InChI=1S/C10H21NO2S/c1-2-14-7-3-4-11-5-6-13-9-10(11)8-12/h10,12H,2-9H2,1H3. The molecule has 1 atom stereocenters. The minimum Gasteiger partial charge on any atom is -0.395 e. The maximum absolute atomic E-state index is 9.14. The summed E-state index contributed by atoms with van der Waals surface area (Å²) in [5.74, 6) is 2.43. The van der Waals surface area contributed by atoms with E-state index in [0.29, 0.717) is 6.61 Å². The first-order valence-corrected chi connectivity index (χ1v) is 6.54. The molecule has 0 spiro atoms. The molecule has 3 nitrogen and oxygen atoms in total. The van der Waals surface area contributed by atoms with E-state index in [-0.39, 0.29) is 12.6 Å². The molecule has 0 aromatic rings. The Morgan fingerprint density at radius 2 is 2.43 bits per heavy atom. The average Bonchev–Trinajstić information content (AvgIpc) is 2.25. The van der Waals surface area contributed by atoms with Crippen molar-refractivity contribution in [2.75, 3.05) is 44.4 Å². The molecule has 0 saturated carbocycles. The van der Waals surface area contributed by atoms with Crippen LogP contribution in [-0.4, -0.2) is 60.5 Å². The summed E-state index contributed by atoms with van der Waals surface area (Å²) in [6.45, 7) is 6.00. The van der Waals surface area contributed by atoms with E-state index in [2.05, 4.69) is 11.8 Å². The van der Waals surface area contributed by atoms with Gasteiger partial charge in [-0.3, -0.25) is 4.90 Å². The topological polar surface area (TPSA) is 32.7 Å². The Morgan fingerprint density at radius 1 is 1.57 bits per heavy atom. The van der Waals surface area contributed by atoms with Gasteiger partial charge in [-0.1, -0.05) is 6.92 Å². The van der Waals surface area contributed by atoms with Crippen LogP contribution in [0.5, 0.6) is 0 Å². The van der Waals surface area contributed by atoms with Crippen LogP contribution in [0.2, 0.25) is 0 Å². The van der Waals surface area contributed by atoms with Gasteiger partial charge in [-0.2, -0.15) is 11.8 Å². The number of morpholine rings is 1. The van der Waals surface area contributed by atoms with Crippen molar-refractivity contribution >= 4 is 11.8 Å². The Bertz CT molecular complexity index is 146. The maximum Gasteiger partial charge on any atom is 0.0644 e. The first-order chi connectivity index (χ1) is 6.88. The normalized spacial score (nSPS) is 24.0. The second kappa shape index (κ2) is 7.51. The molecule has 1 N–H and O–H groups in total. The van der Waals surface area contributed by atoms with Crippen LogP contribution in [0.25, 0.3) is 0 Å². The van der Waals surface area contributed by atoms with Gasteiger partial charge in [-0.15, -0.1) is 0 Å². The van der Waals surface area contributed by atoms with E-state index in [1.54, 1.807) is 0 Å². The van der Waals surface area contributed by atoms with Gasteiger partial charge in [0.15, 0.2) is 0 Å². The molecule has 0 aliphatic carbocycles. The first-order valence-electron chi connectivity index (χ1n) is 5.39. The van der Waals surface area contributed by atoms with E-state index in [9.17, 15) is 0 Å². The SMILES string of the molecule is CCSCCCN1CCOCC1CO. The molecule has 1 unspecified atom stereocenters. The number of hydrogen-bond acceptors (Lipinski definition) is 4. The van der Waals surface area contributed by atoms with Gasteiger partial charge in [0.1, 0.15) is 0 Å². The Morgan fingerprint density at radius 3 is 3.14 bits per heavy atom. The molecule has 1 aliphatic rings. The van der Waals surface area contributed by atoms with Crippen LogP contribution in [-0.2, 0) is 4.74 Å². The van der Waals surface area contributed by atoms with Crippen molar-refractivity contribution in [3.8, 4) is 0 Å². The predicted octanol–water partition coefficient (Wildman–Crippen LogP) is 0.823. The van der Waals surface area contributed by atoms with Gasteiger partial charge >= 0.3 is 0 Å². The maximum atomic E-state index is 9.14. The molecule has 1 rings (SSSR count). The lowest BCUT2D eigenvalue weighted by Crippen LogP contribution is -2.47. The predicted molar refractivity (Wildman–Crippen MR) is 60.9 cm³/mol. The van der Waals surface area contributed by atoms with Crippen molar-refractivity contribution in [2.45, 2.75) is 19.4 Å². The molecule has 1 fully saturated rings. The van der Waals surface area contributed by atoms with E-state index < -0.39 is 0 Å². The number of hydrogen-bond donors (Lipinski definition) is 1. The molecule has 4 heteroatoms. The molecule has 1 saturated heterocycles. The van der Waals surface area contributed by atoms with Crippen molar-refractivity contribution in [1.29, 1.82) is 0 Å². The van der Waals surface area contributed by atoms with Gasteiger partial charge in [0, 0.05) is 6.54 Å². The third-order valence-corrected chi connectivity index (χ3v) is 3.48. The fraction of sp³-hybridized carbons (Fsp3) is 1.00.